The quantitative estimate of drug-likeness (QED) is 0.748. The number of aromatic nitrogens is 3. The van der Waals surface area contributed by atoms with Gasteiger partial charge in [0.2, 0.25) is 5.89 Å². The summed E-state index contributed by atoms with van der Waals surface area (Å²) in [6, 6.07) is 8.34. The molecule has 2 heterocycles. The number of nitrogens with one attached hydrogen (secondary N) is 1. The monoisotopic (exact) mass is 271 g/mol. The minimum absolute atomic E-state index is 0.395. The smallest absolute Gasteiger partial charge is 0.226 e. The number of nitrogens with zero attached hydrogens (tertiary/aromatic N) is 2. The van der Waals surface area contributed by atoms with Crippen molar-refractivity contribution in [2.75, 3.05) is 7.11 Å². The van der Waals surface area contributed by atoms with E-state index in [0.29, 0.717) is 18.3 Å². The number of aromatic amines is 1. The molecular weight excluding hydrogens is 254 g/mol. The molecule has 0 saturated carbocycles. The van der Waals surface area contributed by atoms with Gasteiger partial charge in [-0.25, -0.2) is 0 Å². The number of aryl methyl sites for hydroxylation is 2. The molecule has 0 saturated heterocycles. The number of ether oxygens (including phenoxy) is 1. The van der Waals surface area contributed by atoms with Crippen LogP contribution in [0.25, 0.3) is 10.9 Å². The van der Waals surface area contributed by atoms with E-state index >= 15 is 0 Å². The van der Waals surface area contributed by atoms with Crippen molar-refractivity contribution in [3.05, 3.63) is 47.7 Å². The number of H-pyrrole nitrogens is 1. The number of para-hydroxylation sites is 1. The Morgan fingerprint density at radius 2 is 2.15 bits per heavy atom. The lowest BCUT2D eigenvalue weighted by Gasteiger charge is -1.97. The topological polar surface area (TPSA) is 63.9 Å². The predicted molar refractivity (Wildman–Crippen MR) is 75.3 cm³/mol. The van der Waals surface area contributed by atoms with Gasteiger partial charge >= 0.3 is 0 Å². The zero-order valence-corrected chi connectivity index (χ0v) is 11.4. The predicted octanol–water partition coefficient (Wildman–Crippen LogP) is 2.87. The van der Waals surface area contributed by atoms with Crippen molar-refractivity contribution in [1.29, 1.82) is 0 Å². The molecule has 0 unspecified atom stereocenters. The fourth-order valence-electron chi connectivity index (χ4n) is 2.35. The summed E-state index contributed by atoms with van der Waals surface area (Å²) in [7, 11) is 1.62. The highest BCUT2D eigenvalue weighted by molar-refractivity contribution is 5.82. The summed E-state index contributed by atoms with van der Waals surface area (Å²) in [5, 5.41) is 5.14. The van der Waals surface area contributed by atoms with Crippen LogP contribution in [-0.2, 0) is 24.2 Å². The molecule has 20 heavy (non-hydrogen) atoms. The third kappa shape index (κ3) is 2.72. The van der Waals surface area contributed by atoms with E-state index in [9.17, 15) is 0 Å². The normalized spacial score (nSPS) is 11.2. The van der Waals surface area contributed by atoms with Gasteiger partial charge in [0.15, 0.2) is 5.82 Å². The Morgan fingerprint density at radius 3 is 3.05 bits per heavy atom. The van der Waals surface area contributed by atoms with Crippen molar-refractivity contribution in [2.24, 2.45) is 0 Å². The molecule has 0 radical (unpaired) electrons. The van der Waals surface area contributed by atoms with Crippen LogP contribution in [0, 0.1) is 0 Å². The average Bonchev–Trinajstić information content (AvgIpc) is 3.07. The van der Waals surface area contributed by atoms with Gasteiger partial charge in [-0.05, 0) is 24.5 Å². The molecule has 0 aliphatic rings. The van der Waals surface area contributed by atoms with Crippen LogP contribution in [0.4, 0.5) is 0 Å². The molecule has 3 rings (SSSR count). The molecular formula is C15H17N3O2. The minimum Gasteiger partial charge on any atom is -0.377 e. The fourth-order valence-corrected chi connectivity index (χ4v) is 2.35. The first-order valence-electron chi connectivity index (χ1n) is 6.72. The number of rotatable bonds is 6. The Labute approximate surface area is 117 Å². The van der Waals surface area contributed by atoms with E-state index in [-0.39, 0.29) is 0 Å². The Kier molecular flexibility index (Phi) is 3.78. The van der Waals surface area contributed by atoms with Crippen LogP contribution in [0.15, 0.2) is 35.0 Å². The van der Waals surface area contributed by atoms with E-state index in [1.165, 1.54) is 16.5 Å². The largest absolute Gasteiger partial charge is 0.377 e. The standard InChI is InChI=1S/C15H17N3O2/c1-19-10-14-17-15(20-18-14)8-4-5-11-9-16-13-7-3-2-6-12(11)13/h2-3,6-7,9,16H,4-5,8,10H2,1H3. The van der Waals surface area contributed by atoms with Crippen LogP contribution < -0.4 is 0 Å². The summed E-state index contributed by atoms with van der Waals surface area (Å²) in [6.45, 7) is 0.395. The van der Waals surface area contributed by atoms with Crippen molar-refractivity contribution in [2.45, 2.75) is 25.9 Å². The lowest BCUT2D eigenvalue weighted by Crippen LogP contribution is -1.92. The molecule has 5 heteroatoms. The summed E-state index contributed by atoms with van der Waals surface area (Å²) in [6.07, 6.45) is 4.84. The first-order valence-corrected chi connectivity index (χ1v) is 6.72. The summed E-state index contributed by atoms with van der Waals surface area (Å²) in [5.41, 5.74) is 2.51. The molecule has 5 nitrogen and oxygen atoms in total. The van der Waals surface area contributed by atoms with Crippen molar-refractivity contribution < 1.29 is 9.26 Å². The van der Waals surface area contributed by atoms with E-state index in [2.05, 4.69) is 39.5 Å². The molecule has 3 aromatic rings. The second kappa shape index (κ2) is 5.88. The zero-order valence-electron chi connectivity index (χ0n) is 11.4. The summed E-state index contributed by atoms with van der Waals surface area (Å²) in [5.74, 6) is 1.28. The van der Waals surface area contributed by atoms with Crippen LogP contribution in [0.1, 0.15) is 23.7 Å². The lowest BCUT2D eigenvalue weighted by molar-refractivity contribution is 0.174. The molecule has 1 aromatic carbocycles. The molecule has 0 fully saturated rings. The van der Waals surface area contributed by atoms with Gasteiger partial charge in [-0.3, -0.25) is 0 Å². The van der Waals surface area contributed by atoms with Crippen LogP contribution in [0.2, 0.25) is 0 Å². The zero-order chi connectivity index (χ0) is 13.8. The van der Waals surface area contributed by atoms with Gasteiger partial charge in [0.05, 0.1) is 0 Å². The van der Waals surface area contributed by atoms with E-state index in [0.717, 1.165) is 19.3 Å². The maximum atomic E-state index is 5.18. The highest BCUT2D eigenvalue weighted by Crippen LogP contribution is 2.19. The minimum atomic E-state index is 0.395. The molecule has 0 spiro atoms. The van der Waals surface area contributed by atoms with Gasteiger partial charge in [0.1, 0.15) is 6.61 Å². The van der Waals surface area contributed by atoms with Gasteiger partial charge in [-0.1, -0.05) is 23.4 Å². The summed E-state index contributed by atoms with van der Waals surface area (Å²) in [4.78, 5) is 7.56. The van der Waals surface area contributed by atoms with Crippen LogP contribution >= 0.6 is 0 Å². The van der Waals surface area contributed by atoms with Crippen molar-refractivity contribution >= 4 is 10.9 Å². The van der Waals surface area contributed by atoms with Crippen LogP contribution in [0.3, 0.4) is 0 Å². The summed E-state index contributed by atoms with van der Waals surface area (Å²) < 4.78 is 10.1. The van der Waals surface area contributed by atoms with E-state index in [4.69, 9.17) is 9.26 Å². The average molecular weight is 271 g/mol. The Balaban J connectivity index is 1.59. The summed E-state index contributed by atoms with van der Waals surface area (Å²) >= 11 is 0. The highest BCUT2D eigenvalue weighted by atomic mass is 16.5. The Bertz CT molecular complexity index is 687. The Morgan fingerprint density at radius 1 is 1.25 bits per heavy atom. The van der Waals surface area contributed by atoms with Gasteiger partial charge in [0.25, 0.3) is 0 Å². The third-order valence-corrected chi connectivity index (χ3v) is 3.30. The number of fused-ring (bicyclic) bond motifs is 1. The van der Waals surface area contributed by atoms with Gasteiger partial charge in [0, 0.05) is 30.6 Å². The molecule has 0 aliphatic carbocycles. The van der Waals surface area contributed by atoms with Gasteiger partial charge in [-0.15, -0.1) is 0 Å². The first kappa shape index (κ1) is 12.9. The molecule has 0 amide bonds. The first-order chi connectivity index (χ1) is 9.86. The third-order valence-electron chi connectivity index (χ3n) is 3.30. The van der Waals surface area contributed by atoms with E-state index < -0.39 is 0 Å². The molecule has 0 atom stereocenters. The molecule has 0 aliphatic heterocycles. The van der Waals surface area contributed by atoms with E-state index in [1.54, 1.807) is 7.11 Å². The highest BCUT2D eigenvalue weighted by Gasteiger charge is 2.07. The maximum absolute atomic E-state index is 5.18. The second-order valence-corrected chi connectivity index (χ2v) is 4.75. The maximum Gasteiger partial charge on any atom is 0.226 e. The number of methoxy groups -OCH3 is 1. The number of benzene rings is 1. The van der Waals surface area contributed by atoms with Crippen molar-refractivity contribution in [3.63, 3.8) is 0 Å². The SMILES string of the molecule is COCc1noc(CCCc2c[nH]c3ccccc23)n1. The second-order valence-electron chi connectivity index (χ2n) is 4.75. The number of hydrogen-bond donors (Lipinski definition) is 1. The Hall–Kier alpha value is -2.14. The van der Waals surface area contributed by atoms with E-state index in [1.807, 2.05) is 6.07 Å². The fraction of sp³-hybridized carbons (Fsp3) is 0.333. The lowest BCUT2D eigenvalue weighted by atomic mass is 10.1. The van der Waals surface area contributed by atoms with Crippen LogP contribution in [0.5, 0.6) is 0 Å². The molecule has 104 valence electrons. The van der Waals surface area contributed by atoms with Gasteiger partial charge in [-0.2, -0.15) is 4.98 Å². The van der Waals surface area contributed by atoms with Gasteiger partial charge < -0.3 is 14.2 Å². The number of hydrogen-bond acceptors (Lipinski definition) is 4. The van der Waals surface area contributed by atoms with Crippen molar-refractivity contribution in [1.82, 2.24) is 15.1 Å². The molecule has 1 N–H and O–H groups in total. The molecule has 0 bridgehead atoms. The van der Waals surface area contributed by atoms with Crippen molar-refractivity contribution in [3.8, 4) is 0 Å². The molecule has 2 aromatic heterocycles. The van der Waals surface area contributed by atoms with Crippen LogP contribution in [-0.4, -0.2) is 22.2 Å².